The lowest BCUT2D eigenvalue weighted by Crippen LogP contribution is -2.47. The number of methoxy groups -OCH3 is 1. The third kappa shape index (κ3) is 2.48. The molecule has 1 unspecified atom stereocenters. The van der Waals surface area contributed by atoms with Crippen LogP contribution in [0.15, 0.2) is 22.6 Å². The monoisotopic (exact) mass is 305 g/mol. The highest BCUT2D eigenvalue weighted by Gasteiger charge is 2.35. The van der Waals surface area contributed by atoms with Crippen molar-refractivity contribution >= 4 is 5.91 Å². The summed E-state index contributed by atoms with van der Waals surface area (Å²) in [6.07, 6.45) is 0.638. The molecule has 116 valence electrons. The summed E-state index contributed by atoms with van der Waals surface area (Å²) in [5.41, 5.74) is 7.04. The molecule has 0 saturated carbocycles. The molecule has 0 fully saturated rings. The largest absolute Gasteiger partial charge is 0.493 e. The molecule has 1 aromatic heterocycles. The molecular weight excluding hydrogens is 290 g/mol. The minimum absolute atomic E-state index is 0.199. The first-order valence-corrected chi connectivity index (χ1v) is 6.65. The van der Waals surface area contributed by atoms with E-state index < -0.39 is 11.7 Å². The summed E-state index contributed by atoms with van der Waals surface area (Å²) in [7, 11) is 1.29. The number of ether oxygens (including phenoxy) is 3. The van der Waals surface area contributed by atoms with Crippen molar-refractivity contribution in [2.24, 2.45) is 5.73 Å². The summed E-state index contributed by atoms with van der Waals surface area (Å²) in [6, 6.07) is 5.58. The van der Waals surface area contributed by atoms with E-state index in [-0.39, 0.29) is 12.0 Å². The van der Waals surface area contributed by atoms with Crippen molar-refractivity contribution < 1.29 is 23.4 Å². The van der Waals surface area contributed by atoms with Gasteiger partial charge in [0.2, 0.25) is 0 Å². The molecule has 2 aromatic rings. The molecule has 8 nitrogen and oxygen atoms in total. The lowest BCUT2D eigenvalue weighted by molar-refractivity contribution is -0.180. The Morgan fingerprint density at radius 3 is 2.95 bits per heavy atom. The Bertz CT molecular complexity index is 714. The Morgan fingerprint density at radius 2 is 2.23 bits per heavy atom. The summed E-state index contributed by atoms with van der Waals surface area (Å²) in [5, 5.41) is 7.64. The van der Waals surface area contributed by atoms with Gasteiger partial charge in [-0.05, 0) is 23.8 Å². The second-order valence-corrected chi connectivity index (χ2v) is 4.91. The zero-order valence-electron chi connectivity index (χ0n) is 12.2. The highest BCUT2D eigenvalue weighted by molar-refractivity contribution is 5.81. The van der Waals surface area contributed by atoms with Gasteiger partial charge in [-0.1, -0.05) is 5.10 Å². The zero-order chi connectivity index (χ0) is 15.7. The molecule has 1 aromatic carbocycles. The van der Waals surface area contributed by atoms with Gasteiger partial charge in [0.1, 0.15) is 5.75 Å². The van der Waals surface area contributed by atoms with Crippen LogP contribution in [0.25, 0.3) is 11.5 Å². The maximum absolute atomic E-state index is 11.3. The summed E-state index contributed by atoms with van der Waals surface area (Å²) in [5.74, 6) is -1.34. The SMILES string of the molecule is COC(C)(Oc1nnc(-c2ccc3c(c2)CCO3)o1)C(N)=O. The molecule has 1 amide bonds. The summed E-state index contributed by atoms with van der Waals surface area (Å²) < 4.78 is 21.0. The van der Waals surface area contributed by atoms with Gasteiger partial charge in [0, 0.05) is 26.0 Å². The van der Waals surface area contributed by atoms with Gasteiger partial charge in [-0.2, -0.15) is 0 Å². The first-order valence-electron chi connectivity index (χ1n) is 6.65. The molecule has 1 aliphatic heterocycles. The number of aromatic nitrogens is 2. The van der Waals surface area contributed by atoms with Crippen LogP contribution in [-0.2, 0) is 16.0 Å². The molecule has 1 atom stereocenters. The quantitative estimate of drug-likeness (QED) is 0.817. The number of hydrogen-bond donors (Lipinski definition) is 1. The summed E-state index contributed by atoms with van der Waals surface area (Å²) in [6.45, 7) is 2.04. The van der Waals surface area contributed by atoms with Crippen LogP contribution in [0, 0.1) is 0 Å². The van der Waals surface area contributed by atoms with Crippen molar-refractivity contribution in [2.45, 2.75) is 19.1 Å². The maximum atomic E-state index is 11.3. The number of nitrogens with two attached hydrogens (primary N) is 1. The first-order chi connectivity index (χ1) is 10.5. The molecule has 2 N–H and O–H groups in total. The predicted octanol–water partition coefficient (Wildman–Crippen LogP) is 0.898. The minimum atomic E-state index is -1.67. The lowest BCUT2D eigenvalue weighted by Gasteiger charge is -2.22. The van der Waals surface area contributed by atoms with Crippen LogP contribution in [0.2, 0.25) is 0 Å². The van der Waals surface area contributed by atoms with Crippen molar-refractivity contribution in [1.29, 1.82) is 0 Å². The smallest absolute Gasteiger partial charge is 0.417 e. The molecule has 3 rings (SSSR count). The van der Waals surface area contributed by atoms with E-state index in [4.69, 9.17) is 24.4 Å². The van der Waals surface area contributed by atoms with Crippen molar-refractivity contribution in [1.82, 2.24) is 10.2 Å². The van der Waals surface area contributed by atoms with E-state index in [9.17, 15) is 4.79 Å². The van der Waals surface area contributed by atoms with Crippen molar-refractivity contribution in [2.75, 3.05) is 13.7 Å². The second kappa shape index (κ2) is 5.30. The second-order valence-electron chi connectivity index (χ2n) is 4.91. The number of primary amides is 1. The van der Waals surface area contributed by atoms with Gasteiger partial charge in [-0.3, -0.25) is 4.79 Å². The number of amides is 1. The molecule has 0 radical (unpaired) electrons. The number of carbonyl (C=O) groups excluding carboxylic acids is 1. The summed E-state index contributed by atoms with van der Waals surface area (Å²) >= 11 is 0. The van der Waals surface area contributed by atoms with Crippen molar-refractivity contribution in [3.05, 3.63) is 23.8 Å². The number of nitrogens with zero attached hydrogens (tertiary/aromatic N) is 2. The number of hydrogen-bond acceptors (Lipinski definition) is 7. The fourth-order valence-electron chi connectivity index (χ4n) is 2.05. The fraction of sp³-hybridized carbons (Fsp3) is 0.357. The highest BCUT2D eigenvalue weighted by atomic mass is 16.7. The molecule has 0 aliphatic carbocycles. The highest BCUT2D eigenvalue weighted by Crippen LogP contribution is 2.31. The number of carbonyl (C=O) groups is 1. The third-order valence-corrected chi connectivity index (χ3v) is 3.46. The van der Waals surface area contributed by atoms with Crippen molar-refractivity contribution in [3.63, 3.8) is 0 Å². The predicted molar refractivity (Wildman–Crippen MR) is 74.2 cm³/mol. The van der Waals surface area contributed by atoms with Gasteiger partial charge in [-0.15, -0.1) is 5.10 Å². The van der Waals surface area contributed by atoms with Crippen LogP contribution in [0.1, 0.15) is 12.5 Å². The van der Waals surface area contributed by atoms with Gasteiger partial charge in [0.05, 0.1) is 6.61 Å². The molecule has 8 heteroatoms. The standard InChI is InChI=1S/C14H15N3O5/c1-14(19-2,12(15)18)22-13-17-16-11(21-13)9-3-4-10-8(7-9)5-6-20-10/h3-4,7H,5-6H2,1-2H3,(H2,15,18). The number of rotatable bonds is 5. The Kier molecular flexibility index (Phi) is 3.45. The Morgan fingerprint density at radius 1 is 1.41 bits per heavy atom. The fourth-order valence-corrected chi connectivity index (χ4v) is 2.05. The van der Waals surface area contributed by atoms with Crippen LogP contribution in [0.4, 0.5) is 0 Å². The van der Waals surface area contributed by atoms with Gasteiger partial charge >= 0.3 is 6.08 Å². The average molecular weight is 305 g/mol. The topological polar surface area (TPSA) is 110 Å². The molecule has 1 aliphatic rings. The normalized spacial score (nSPS) is 15.7. The molecule has 0 spiro atoms. The van der Waals surface area contributed by atoms with Crippen molar-refractivity contribution in [3.8, 4) is 23.3 Å². The minimum Gasteiger partial charge on any atom is -0.493 e. The third-order valence-electron chi connectivity index (χ3n) is 3.46. The average Bonchev–Trinajstić information content (AvgIpc) is 3.14. The number of fused-ring (bicyclic) bond motifs is 1. The lowest BCUT2D eigenvalue weighted by atomic mass is 10.1. The van der Waals surface area contributed by atoms with E-state index in [1.165, 1.54) is 14.0 Å². The van der Waals surface area contributed by atoms with Crippen LogP contribution >= 0.6 is 0 Å². The van der Waals surface area contributed by atoms with E-state index in [1.54, 1.807) is 0 Å². The number of benzene rings is 1. The van der Waals surface area contributed by atoms with Gasteiger partial charge in [-0.25, -0.2) is 0 Å². The van der Waals surface area contributed by atoms with Crippen LogP contribution < -0.4 is 15.2 Å². The Balaban J connectivity index is 1.83. The van der Waals surface area contributed by atoms with E-state index in [0.717, 1.165) is 23.3 Å². The Labute approximate surface area is 126 Å². The summed E-state index contributed by atoms with van der Waals surface area (Å²) in [4.78, 5) is 11.3. The Hall–Kier alpha value is -2.61. The zero-order valence-corrected chi connectivity index (χ0v) is 12.2. The molecule has 0 bridgehead atoms. The van der Waals surface area contributed by atoms with E-state index in [2.05, 4.69) is 10.2 Å². The molecule has 2 heterocycles. The van der Waals surface area contributed by atoms with E-state index in [0.29, 0.717) is 6.61 Å². The van der Waals surface area contributed by atoms with Gasteiger partial charge in [0.15, 0.2) is 0 Å². The van der Waals surface area contributed by atoms with Crippen LogP contribution in [0.5, 0.6) is 11.8 Å². The van der Waals surface area contributed by atoms with Gasteiger partial charge in [0.25, 0.3) is 17.6 Å². The first kappa shape index (κ1) is 14.3. The van der Waals surface area contributed by atoms with E-state index in [1.807, 2.05) is 18.2 Å². The van der Waals surface area contributed by atoms with Gasteiger partial charge < -0.3 is 24.4 Å². The molecule has 0 saturated heterocycles. The van der Waals surface area contributed by atoms with Crippen LogP contribution in [0.3, 0.4) is 0 Å². The van der Waals surface area contributed by atoms with Crippen LogP contribution in [-0.4, -0.2) is 35.6 Å². The van der Waals surface area contributed by atoms with E-state index >= 15 is 0 Å². The molecular formula is C14H15N3O5. The molecule has 22 heavy (non-hydrogen) atoms. The maximum Gasteiger partial charge on any atom is 0.417 e.